The molecule has 0 saturated heterocycles. The van der Waals surface area contributed by atoms with E-state index in [1.54, 1.807) is 6.07 Å². The van der Waals surface area contributed by atoms with Gasteiger partial charge in [-0.3, -0.25) is 4.98 Å². The molecule has 1 nitrogen and oxygen atoms in total. The molecule has 27 heavy (non-hydrogen) atoms. The Hall–Kier alpha value is -1.76. The normalized spacial score (nSPS) is 10.3. The molecule has 0 radical (unpaired) electrons. The minimum absolute atomic E-state index is 0.144. The van der Waals surface area contributed by atoms with Crippen molar-refractivity contribution in [1.29, 1.82) is 0 Å². The third-order valence-electron chi connectivity index (χ3n) is 4.40. The number of nitrogens with zero attached hydrogens (tertiary/aromatic N) is 1. The van der Waals surface area contributed by atoms with E-state index in [4.69, 9.17) is 20.1 Å². The summed E-state index contributed by atoms with van der Waals surface area (Å²) in [4.78, 5) is 4.43. The molecule has 0 amide bonds. The monoisotopic (exact) mass is 436 g/mol. The Balaban J connectivity index is 0.000000659. The van der Waals surface area contributed by atoms with Crippen molar-refractivity contribution in [1.82, 2.24) is 4.98 Å². The third kappa shape index (κ3) is 5.15. The number of benzene rings is 2. The van der Waals surface area contributed by atoms with E-state index in [-0.39, 0.29) is 19.2 Å². The van der Waals surface area contributed by atoms with Gasteiger partial charge in [0, 0.05) is 11.9 Å². The van der Waals surface area contributed by atoms with E-state index >= 15 is 0 Å². The molecule has 1 heterocycles. The summed E-state index contributed by atoms with van der Waals surface area (Å²) in [5.74, 6) is -0.144. The number of hydrogen-bond donors (Lipinski definition) is 0. The third-order valence-corrected chi connectivity index (χ3v) is 4.40. The first kappa shape index (κ1) is 20.0. The Morgan fingerprint density at radius 2 is 1.59 bits per heavy atom. The van der Waals surface area contributed by atoms with E-state index in [0.29, 0.717) is 6.42 Å². The van der Waals surface area contributed by atoms with Gasteiger partial charge in [-0.05, 0) is 36.6 Å². The molecule has 4 rings (SSSR count). The van der Waals surface area contributed by atoms with Crippen LogP contribution in [0.4, 0.5) is 4.39 Å². The van der Waals surface area contributed by atoms with Crippen molar-refractivity contribution in [2.24, 2.45) is 0 Å². The Labute approximate surface area is 173 Å². The van der Waals surface area contributed by atoms with E-state index < -0.39 is 0 Å². The topological polar surface area (TPSA) is 12.9 Å². The maximum absolute atomic E-state index is 14.0. The van der Waals surface area contributed by atoms with Crippen LogP contribution in [0.25, 0.3) is 10.8 Å². The molecule has 3 aromatic carbocycles. The molecule has 0 aliphatic heterocycles. The molecule has 0 aliphatic carbocycles. The van der Waals surface area contributed by atoms with Crippen LogP contribution < -0.4 is 0 Å². The molecule has 0 fully saturated rings. The average Bonchev–Trinajstić information content (AvgIpc) is 3.03. The van der Waals surface area contributed by atoms with Crippen LogP contribution in [0.1, 0.15) is 22.4 Å². The molecule has 137 valence electrons. The SMILES string of the molecule is Fc1ccccc1C[c-]1cc(Cc2ccccn2)c2ccccc21.[Cl][Cr+][Cl]. The van der Waals surface area contributed by atoms with Gasteiger partial charge < -0.3 is 0 Å². The molecule has 0 aliphatic rings. The molecule has 0 saturated carbocycles. The van der Waals surface area contributed by atoms with E-state index in [1.165, 1.54) is 28.0 Å². The molecular weight excluding hydrogens is 420 g/mol. The van der Waals surface area contributed by atoms with Crippen molar-refractivity contribution in [3.8, 4) is 0 Å². The Morgan fingerprint density at radius 1 is 0.889 bits per heavy atom. The maximum atomic E-state index is 14.0. The summed E-state index contributed by atoms with van der Waals surface area (Å²) in [5.41, 5.74) is 4.20. The van der Waals surface area contributed by atoms with Gasteiger partial charge in [0.2, 0.25) is 0 Å². The Morgan fingerprint density at radius 3 is 2.33 bits per heavy atom. The van der Waals surface area contributed by atoms with Gasteiger partial charge in [0.1, 0.15) is 5.82 Å². The summed E-state index contributed by atoms with van der Waals surface area (Å²) in [7, 11) is 9.65. The fourth-order valence-corrected chi connectivity index (χ4v) is 3.25. The van der Waals surface area contributed by atoms with Crippen LogP contribution in [0.3, 0.4) is 0 Å². The summed E-state index contributed by atoms with van der Waals surface area (Å²) in [6, 6.07) is 23.5. The number of hydrogen-bond acceptors (Lipinski definition) is 1. The molecule has 0 bridgehead atoms. The van der Waals surface area contributed by atoms with E-state index in [1.807, 2.05) is 42.6 Å². The number of rotatable bonds is 4. The van der Waals surface area contributed by atoms with Crippen molar-refractivity contribution in [2.45, 2.75) is 12.8 Å². The average molecular weight is 437 g/mol. The molecule has 4 aromatic rings. The first-order chi connectivity index (χ1) is 13.2. The predicted octanol–water partition coefficient (Wildman–Crippen LogP) is 6.65. The molecule has 0 spiro atoms. The zero-order valence-electron chi connectivity index (χ0n) is 14.4. The van der Waals surface area contributed by atoms with Crippen LogP contribution in [-0.4, -0.2) is 4.98 Å². The van der Waals surface area contributed by atoms with Gasteiger partial charge in [0.25, 0.3) is 0 Å². The first-order valence-corrected chi connectivity index (χ1v) is 11.9. The summed E-state index contributed by atoms with van der Waals surface area (Å²) in [6.07, 6.45) is 3.22. The van der Waals surface area contributed by atoms with Crippen molar-refractivity contribution in [3.63, 3.8) is 0 Å². The summed E-state index contributed by atoms with van der Waals surface area (Å²) in [5, 5.41) is 2.43. The van der Waals surface area contributed by atoms with Crippen LogP contribution in [0, 0.1) is 5.82 Å². The zero-order chi connectivity index (χ0) is 19.1. The Kier molecular flexibility index (Phi) is 7.38. The fourth-order valence-electron chi connectivity index (χ4n) is 3.25. The number of halogens is 3. The van der Waals surface area contributed by atoms with Crippen LogP contribution in [-0.2, 0) is 26.2 Å². The van der Waals surface area contributed by atoms with E-state index in [9.17, 15) is 4.39 Å². The van der Waals surface area contributed by atoms with Crippen LogP contribution in [0.5, 0.6) is 0 Å². The van der Waals surface area contributed by atoms with E-state index in [2.05, 4.69) is 29.2 Å². The molecule has 0 N–H and O–H groups in total. The molecule has 5 heteroatoms. The van der Waals surface area contributed by atoms with Crippen molar-refractivity contribution in [2.75, 3.05) is 0 Å². The van der Waals surface area contributed by atoms with Gasteiger partial charge >= 0.3 is 33.5 Å². The fraction of sp³-hybridized carbons (Fsp3) is 0.0909. The predicted molar refractivity (Wildman–Crippen MR) is 107 cm³/mol. The van der Waals surface area contributed by atoms with Crippen molar-refractivity contribution in [3.05, 3.63) is 107 Å². The second-order valence-electron chi connectivity index (χ2n) is 6.06. The molecule has 1 aromatic heterocycles. The summed E-state index contributed by atoms with van der Waals surface area (Å²) < 4.78 is 14.0. The molecule has 0 unspecified atom stereocenters. The first-order valence-electron chi connectivity index (χ1n) is 8.41. The zero-order valence-corrected chi connectivity index (χ0v) is 17.2. The van der Waals surface area contributed by atoms with Gasteiger partial charge in [0.05, 0.1) is 0 Å². The summed E-state index contributed by atoms with van der Waals surface area (Å²) in [6.45, 7) is 0. The van der Waals surface area contributed by atoms with Crippen molar-refractivity contribution < 1.29 is 17.8 Å². The van der Waals surface area contributed by atoms with Gasteiger partial charge in [0.15, 0.2) is 0 Å². The van der Waals surface area contributed by atoms with Crippen LogP contribution >= 0.6 is 20.1 Å². The second-order valence-corrected chi connectivity index (χ2v) is 8.17. The number of pyridine rings is 1. The Bertz CT molecular complexity index is 1000. The standard InChI is InChI=1S/C22H17FN.2ClH.Cr/c23-22-11-4-1-7-16(22)13-17-14-18(15-19-8-5-6-12-24-19)21-10-3-2-9-20(17)21;;;/h1-12,14H,13,15H2;2*1H;/q-1;;;+3/p-2. The van der Waals surface area contributed by atoms with Crippen LogP contribution in [0.2, 0.25) is 0 Å². The van der Waals surface area contributed by atoms with Gasteiger partial charge in [-0.1, -0.05) is 30.3 Å². The van der Waals surface area contributed by atoms with Gasteiger partial charge in [-0.25, -0.2) is 4.39 Å². The number of aromatic nitrogens is 1. The molecule has 0 atom stereocenters. The van der Waals surface area contributed by atoms with E-state index in [0.717, 1.165) is 17.7 Å². The number of fused-ring (bicyclic) bond motifs is 1. The quantitative estimate of drug-likeness (QED) is 0.326. The minimum atomic E-state index is -0.181. The summed E-state index contributed by atoms with van der Waals surface area (Å²) >= 11 is -0.181. The van der Waals surface area contributed by atoms with Gasteiger partial charge in [-0.2, -0.15) is 0 Å². The van der Waals surface area contributed by atoms with Gasteiger partial charge in [-0.15, -0.1) is 46.2 Å². The molecular formula is C22H17Cl2CrFN. The van der Waals surface area contributed by atoms with Crippen molar-refractivity contribution >= 4 is 30.9 Å². The second kappa shape index (κ2) is 9.97. The van der Waals surface area contributed by atoms with Crippen LogP contribution in [0.15, 0.2) is 79.0 Å².